The topological polar surface area (TPSA) is 27.1 Å². The molecule has 0 amide bonds. The lowest BCUT2D eigenvalue weighted by Crippen LogP contribution is -2.29. The second-order valence-electron chi connectivity index (χ2n) is 5.06. The van der Waals surface area contributed by atoms with E-state index >= 15 is 0 Å². The van der Waals surface area contributed by atoms with Crippen LogP contribution in [0.15, 0.2) is 18.2 Å². The summed E-state index contributed by atoms with van der Waals surface area (Å²) in [4.78, 5) is 4.65. The summed E-state index contributed by atoms with van der Waals surface area (Å²) in [6, 6.07) is 6.01. The van der Waals surface area contributed by atoms with Crippen LogP contribution in [0.1, 0.15) is 39.4 Å². The Morgan fingerprint density at radius 3 is 2.53 bits per heavy atom. The third kappa shape index (κ3) is 2.32. The average Bonchev–Trinajstić information content (AvgIpc) is 2.84. The highest BCUT2D eigenvalue weighted by Gasteiger charge is 2.27. The molecule has 0 aliphatic heterocycles. The molecule has 1 heterocycles. The van der Waals surface area contributed by atoms with Gasteiger partial charge in [0, 0.05) is 11.6 Å². The van der Waals surface area contributed by atoms with Gasteiger partial charge in [-0.2, -0.15) is 0 Å². The van der Waals surface area contributed by atoms with Gasteiger partial charge in [0.15, 0.2) is 0 Å². The van der Waals surface area contributed by atoms with Gasteiger partial charge in [0.2, 0.25) is 0 Å². The summed E-state index contributed by atoms with van der Waals surface area (Å²) in [5.74, 6) is 2.18. The molecule has 104 valence electrons. The van der Waals surface area contributed by atoms with Crippen molar-refractivity contribution in [2.75, 3.05) is 7.11 Å². The highest BCUT2D eigenvalue weighted by Crippen LogP contribution is 2.32. The van der Waals surface area contributed by atoms with Gasteiger partial charge < -0.3 is 9.30 Å². The lowest BCUT2D eigenvalue weighted by molar-refractivity contribution is 0.296. The van der Waals surface area contributed by atoms with Crippen molar-refractivity contribution in [3.05, 3.63) is 24.0 Å². The van der Waals surface area contributed by atoms with Crippen LogP contribution in [-0.4, -0.2) is 16.7 Å². The summed E-state index contributed by atoms with van der Waals surface area (Å²) in [6.45, 7) is 6.67. The molecule has 0 aliphatic rings. The number of benzene rings is 1. The molecule has 4 heteroatoms. The number of alkyl halides is 1. The summed E-state index contributed by atoms with van der Waals surface area (Å²) >= 11 is 6.08. The zero-order valence-corrected chi connectivity index (χ0v) is 12.8. The molecule has 2 rings (SSSR count). The highest BCUT2D eigenvalue weighted by molar-refractivity contribution is 6.16. The quantitative estimate of drug-likeness (QED) is 0.763. The van der Waals surface area contributed by atoms with Gasteiger partial charge in [-0.05, 0) is 31.9 Å². The van der Waals surface area contributed by atoms with E-state index in [0.717, 1.165) is 35.4 Å². The van der Waals surface area contributed by atoms with Crippen molar-refractivity contribution in [3.8, 4) is 5.75 Å². The van der Waals surface area contributed by atoms with Crippen molar-refractivity contribution in [3.63, 3.8) is 0 Å². The molecule has 0 saturated carbocycles. The predicted octanol–water partition coefficient (Wildman–Crippen LogP) is 4.32. The van der Waals surface area contributed by atoms with E-state index in [1.54, 1.807) is 7.11 Å². The minimum atomic E-state index is 0.0492. The Kier molecular flexibility index (Phi) is 4.04. The summed E-state index contributed by atoms with van der Waals surface area (Å²) in [5.41, 5.74) is 2.12. The number of hydrogen-bond donors (Lipinski definition) is 0. The molecule has 0 saturated heterocycles. The molecule has 0 spiro atoms. The van der Waals surface area contributed by atoms with Crippen LogP contribution in [0.5, 0.6) is 5.75 Å². The third-order valence-electron chi connectivity index (χ3n) is 4.11. The first-order valence-corrected chi connectivity index (χ1v) is 7.25. The lowest BCUT2D eigenvalue weighted by Gasteiger charge is -2.31. The third-order valence-corrected chi connectivity index (χ3v) is 4.35. The van der Waals surface area contributed by atoms with E-state index in [1.165, 1.54) is 0 Å². The molecule has 0 atom stereocenters. The smallest absolute Gasteiger partial charge is 0.125 e. The van der Waals surface area contributed by atoms with Gasteiger partial charge in [-0.25, -0.2) is 4.98 Å². The molecule has 1 aromatic heterocycles. The minimum Gasteiger partial charge on any atom is -0.497 e. The van der Waals surface area contributed by atoms with Crippen LogP contribution in [0.25, 0.3) is 11.0 Å². The molecule has 19 heavy (non-hydrogen) atoms. The Bertz CT molecular complexity index is 573. The van der Waals surface area contributed by atoms with Gasteiger partial charge in [0.1, 0.15) is 11.6 Å². The Morgan fingerprint density at radius 1 is 1.32 bits per heavy atom. The number of methoxy groups -OCH3 is 1. The molecule has 0 radical (unpaired) electrons. The number of hydrogen-bond acceptors (Lipinski definition) is 2. The summed E-state index contributed by atoms with van der Waals surface area (Å²) in [6.07, 6.45) is 2.09. The SMILES string of the molecule is CCC(C)(CC)n1c(CCl)nc2cc(OC)ccc21. The lowest BCUT2D eigenvalue weighted by atomic mass is 9.94. The van der Waals surface area contributed by atoms with E-state index in [2.05, 4.69) is 36.4 Å². The van der Waals surface area contributed by atoms with Crippen LogP contribution in [0, 0.1) is 0 Å². The predicted molar refractivity (Wildman–Crippen MR) is 80.1 cm³/mol. The van der Waals surface area contributed by atoms with Crippen molar-refractivity contribution in [2.45, 2.75) is 45.0 Å². The molecule has 0 fully saturated rings. The fraction of sp³-hybridized carbons (Fsp3) is 0.533. The number of rotatable bonds is 5. The second kappa shape index (κ2) is 5.41. The van der Waals surface area contributed by atoms with Crippen LogP contribution in [0.4, 0.5) is 0 Å². The van der Waals surface area contributed by atoms with E-state index in [-0.39, 0.29) is 5.54 Å². The Labute approximate surface area is 119 Å². The van der Waals surface area contributed by atoms with E-state index < -0.39 is 0 Å². The number of ether oxygens (including phenoxy) is 1. The van der Waals surface area contributed by atoms with Crippen molar-refractivity contribution in [2.24, 2.45) is 0 Å². The maximum atomic E-state index is 6.08. The highest BCUT2D eigenvalue weighted by atomic mass is 35.5. The van der Waals surface area contributed by atoms with Crippen LogP contribution >= 0.6 is 11.6 Å². The van der Waals surface area contributed by atoms with E-state index in [0.29, 0.717) is 5.88 Å². The van der Waals surface area contributed by atoms with Gasteiger partial charge in [-0.1, -0.05) is 13.8 Å². The van der Waals surface area contributed by atoms with Gasteiger partial charge in [-0.15, -0.1) is 11.6 Å². The van der Waals surface area contributed by atoms with Crippen molar-refractivity contribution in [1.29, 1.82) is 0 Å². The van der Waals surface area contributed by atoms with Crippen LogP contribution in [-0.2, 0) is 11.4 Å². The fourth-order valence-electron chi connectivity index (χ4n) is 2.50. The number of fused-ring (bicyclic) bond motifs is 1. The average molecular weight is 281 g/mol. The molecular formula is C15H21ClN2O. The molecule has 1 aromatic carbocycles. The van der Waals surface area contributed by atoms with Crippen molar-refractivity contribution >= 4 is 22.6 Å². The number of nitrogens with zero attached hydrogens (tertiary/aromatic N) is 2. The van der Waals surface area contributed by atoms with E-state index in [4.69, 9.17) is 16.3 Å². The first-order chi connectivity index (χ1) is 9.09. The largest absolute Gasteiger partial charge is 0.497 e. The number of imidazole rings is 1. The maximum absolute atomic E-state index is 6.08. The van der Waals surface area contributed by atoms with E-state index in [9.17, 15) is 0 Å². The zero-order chi connectivity index (χ0) is 14.0. The first kappa shape index (κ1) is 14.2. The second-order valence-corrected chi connectivity index (χ2v) is 5.32. The van der Waals surface area contributed by atoms with Crippen LogP contribution in [0.3, 0.4) is 0 Å². The van der Waals surface area contributed by atoms with Gasteiger partial charge in [0.05, 0.1) is 24.0 Å². The minimum absolute atomic E-state index is 0.0492. The Hall–Kier alpha value is -1.22. The molecule has 0 N–H and O–H groups in total. The molecule has 2 aromatic rings. The number of halogens is 1. The molecule has 0 aliphatic carbocycles. The summed E-state index contributed by atoms with van der Waals surface area (Å²) in [7, 11) is 1.67. The van der Waals surface area contributed by atoms with Gasteiger partial charge >= 0.3 is 0 Å². The zero-order valence-electron chi connectivity index (χ0n) is 12.0. The van der Waals surface area contributed by atoms with E-state index in [1.807, 2.05) is 12.1 Å². The normalized spacial score (nSPS) is 12.1. The Balaban J connectivity index is 2.71. The molecule has 3 nitrogen and oxygen atoms in total. The molecule has 0 unspecified atom stereocenters. The molecule has 0 bridgehead atoms. The van der Waals surface area contributed by atoms with Gasteiger partial charge in [0.25, 0.3) is 0 Å². The van der Waals surface area contributed by atoms with Crippen LogP contribution < -0.4 is 4.74 Å². The fourth-order valence-corrected chi connectivity index (χ4v) is 2.67. The summed E-state index contributed by atoms with van der Waals surface area (Å²) in [5, 5.41) is 0. The van der Waals surface area contributed by atoms with Gasteiger partial charge in [-0.3, -0.25) is 0 Å². The molecular weight excluding hydrogens is 260 g/mol. The standard InChI is InChI=1S/C15H21ClN2O/c1-5-15(3,6-2)18-13-8-7-11(19-4)9-12(13)17-14(18)10-16/h7-9H,5-6,10H2,1-4H3. The van der Waals surface area contributed by atoms with Crippen molar-refractivity contribution < 1.29 is 4.74 Å². The number of aromatic nitrogens is 2. The first-order valence-electron chi connectivity index (χ1n) is 6.71. The Morgan fingerprint density at radius 2 is 2.00 bits per heavy atom. The summed E-state index contributed by atoms with van der Waals surface area (Å²) < 4.78 is 7.55. The van der Waals surface area contributed by atoms with Crippen LogP contribution in [0.2, 0.25) is 0 Å². The maximum Gasteiger partial charge on any atom is 0.125 e. The van der Waals surface area contributed by atoms with Crippen molar-refractivity contribution in [1.82, 2.24) is 9.55 Å². The monoisotopic (exact) mass is 280 g/mol.